The first kappa shape index (κ1) is 14.8. The fourth-order valence-electron chi connectivity index (χ4n) is 3.59. The molecule has 0 heterocycles. The van der Waals surface area contributed by atoms with Crippen molar-refractivity contribution in [3.05, 3.63) is 52.8 Å². The summed E-state index contributed by atoms with van der Waals surface area (Å²) in [5.74, 6) is 2.06. The molecule has 1 atom stereocenters. The Hall–Kier alpha value is -1.08. The van der Waals surface area contributed by atoms with Gasteiger partial charge in [-0.2, -0.15) is 0 Å². The quantitative estimate of drug-likeness (QED) is 0.604. The van der Waals surface area contributed by atoms with Crippen LogP contribution >= 0.6 is 11.6 Å². The van der Waals surface area contributed by atoms with Crippen LogP contribution in [0.5, 0.6) is 0 Å². The van der Waals surface area contributed by atoms with Crippen LogP contribution in [0.15, 0.2) is 36.4 Å². The Labute approximate surface area is 131 Å². The van der Waals surface area contributed by atoms with Crippen molar-refractivity contribution in [3.63, 3.8) is 0 Å². The van der Waals surface area contributed by atoms with E-state index in [0.717, 1.165) is 29.4 Å². The molecule has 1 fully saturated rings. The third kappa shape index (κ3) is 3.40. The molecule has 0 amide bonds. The smallest absolute Gasteiger partial charge is 0.142 e. The highest BCUT2D eigenvalue weighted by atomic mass is 35.5. The van der Waals surface area contributed by atoms with E-state index in [1.807, 2.05) is 6.07 Å². The molecule has 0 radical (unpaired) electrons. The Morgan fingerprint density at radius 2 is 1.90 bits per heavy atom. The lowest BCUT2D eigenvalue weighted by Gasteiger charge is -2.32. The molecule has 112 valence electrons. The minimum Gasteiger partial charge on any atom is -0.205 e. The van der Waals surface area contributed by atoms with E-state index in [9.17, 15) is 4.39 Å². The lowest BCUT2D eigenvalue weighted by atomic mass is 9.74. The summed E-state index contributed by atoms with van der Waals surface area (Å²) >= 11 is 5.74. The second-order valence-corrected chi connectivity index (χ2v) is 6.97. The Kier molecular flexibility index (Phi) is 4.49. The molecule has 0 nitrogen and oxygen atoms in total. The zero-order valence-electron chi connectivity index (χ0n) is 12.5. The summed E-state index contributed by atoms with van der Waals surface area (Å²) in [6.45, 7) is 2.36. The second-order valence-electron chi connectivity index (χ2n) is 6.57. The molecule has 1 unspecified atom stereocenters. The maximum atomic E-state index is 13.6. The minimum absolute atomic E-state index is 0.188. The van der Waals surface area contributed by atoms with Crippen molar-refractivity contribution in [2.75, 3.05) is 0 Å². The summed E-state index contributed by atoms with van der Waals surface area (Å²) in [5, 5.41) is 0.188. The largest absolute Gasteiger partial charge is 0.205 e. The van der Waals surface area contributed by atoms with Crippen LogP contribution in [0.25, 0.3) is 5.57 Å². The van der Waals surface area contributed by atoms with Gasteiger partial charge in [0.1, 0.15) is 5.82 Å². The fourth-order valence-corrected chi connectivity index (χ4v) is 3.71. The van der Waals surface area contributed by atoms with Gasteiger partial charge < -0.3 is 0 Å². The van der Waals surface area contributed by atoms with Crippen LogP contribution in [0.3, 0.4) is 0 Å². The minimum atomic E-state index is -0.341. The van der Waals surface area contributed by atoms with Gasteiger partial charge in [0.25, 0.3) is 0 Å². The van der Waals surface area contributed by atoms with Crippen LogP contribution in [-0.2, 0) is 0 Å². The zero-order chi connectivity index (χ0) is 14.8. The molecule has 2 aliphatic carbocycles. The van der Waals surface area contributed by atoms with E-state index in [2.05, 4.69) is 25.2 Å². The Balaban J connectivity index is 1.67. The van der Waals surface area contributed by atoms with Crippen molar-refractivity contribution in [1.82, 2.24) is 0 Å². The Bertz CT molecular complexity index is 565. The standard InChI is InChI=1S/C19H22ClF/c1-13-2-4-14(5-3-13)15-6-8-16(9-7-15)17-10-11-18(20)19(21)12-17/h6,8-15H,2-5,7H2,1H3. The van der Waals surface area contributed by atoms with E-state index < -0.39 is 0 Å². The first-order chi connectivity index (χ1) is 10.1. The summed E-state index contributed by atoms with van der Waals surface area (Å²) < 4.78 is 13.6. The predicted molar refractivity (Wildman–Crippen MR) is 87.8 cm³/mol. The number of allylic oxidation sites excluding steroid dienone is 4. The summed E-state index contributed by atoms with van der Waals surface area (Å²) in [5.41, 5.74) is 2.04. The number of hydrogen-bond donors (Lipinski definition) is 0. The summed E-state index contributed by atoms with van der Waals surface area (Å²) in [6.07, 6.45) is 13.3. The molecule has 2 aliphatic rings. The van der Waals surface area contributed by atoms with E-state index in [1.54, 1.807) is 6.07 Å². The van der Waals surface area contributed by atoms with Gasteiger partial charge in [0.15, 0.2) is 0 Å². The molecule has 1 aromatic rings. The molecule has 0 spiro atoms. The Morgan fingerprint density at radius 3 is 2.52 bits per heavy atom. The normalized spacial score (nSPS) is 29.3. The highest BCUT2D eigenvalue weighted by Gasteiger charge is 2.25. The maximum Gasteiger partial charge on any atom is 0.142 e. The summed E-state index contributed by atoms with van der Waals surface area (Å²) in [4.78, 5) is 0. The molecule has 2 heteroatoms. The van der Waals surface area contributed by atoms with Gasteiger partial charge in [0.05, 0.1) is 5.02 Å². The SMILES string of the molecule is CC1CCC(C2C=CC(c3ccc(Cl)c(F)c3)=CC2)CC1. The lowest BCUT2D eigenvalue weighted by molar-refractivity contribution is 0.240. The lowest BCUT2D eigenvalue weighted by Crippen LogP contribution is -2.20. The average Bonchev–Trinajstić information content (AvgIpc) is 2.51. The number of hydrogen-bond acceptors (Lipinski definition) is 0. The number of rotatable bonds is 2. The Morgan fingerprint density at radius 1 is 1.14 bits per heavy atom. The van der Waals surface area contributed by atoms with Crippen molar-refractivity contribution in [2.45, 2.75) is 39.0 Å². The van der Waals surface area contributed by atoms with Crippen LogP contribution < -0.4 is 0 Å². The molecule has 0 aromatic heterocycles. The van der Waals surface area contributed by atoms with Crippen LogP contribution in [0.4, 0.5) is 4.39 Å². The molecule has 0 aliphatic heterocycles. The van der Waals surface area contributed by atoms with E-state index in [0.29, 0.717) is 5.92 Å². The van der Waals surface area contributed by atoms with Gasteiger partial charge in [-0.05, 0) is 60.3 Å². The maximum absolute atomic E-state index is 13.6. The third-order valence-corrected chi connectivity index (χ3v) is 5.36. The molecule has 1 saturated carbocycles. The number of benzene rings is 1. The van der Waals surface area contributed by atoms with Crippen LogP contribution in [0, 0.1) is 23.6 Å². The highest BCUT2D eigenvalue weighted by molar-refractivity contribution is 6.30. The summed E-state index contributed by atoms with van der Waals surface area (Å²) in [7, 11) is 0. The van der Waals surface area contributed by atoms with Crippen molar-refractivity contribution in [1.29, 1.82) is 0 Å². The van der Waals surface area contributed by atoms with E-state index in [4.69, 9.17) is 11.6 Å². The van der Waals surface area contributed by atoms with E-state index in [-0.39, 0.29) is 10.8 Å². The number of halogens is 2. The molecule has 21 heavy (non-hydrogen) atoms. The molecule has 0 N–H and O–H groups in total. The summed E-state index contributed by atoms with van der Waals surface area (Å²) in [6, 6.07) is 5.06. The van der Waals surface area contributed by atoms with Crippen molar-refractivity contribution in [2.24, 2.45) is 17.8 Å². The molecule has 3 rings (SSSR count). The van der Waals surface area contributed by atoms with Crippen molar-refractivity contribution < 1.29 is 4.39 Å². The zero-order valence-corrected chi connectivity index (χ0v) is 13.2. The molecule has 0 bridgehead atoms. The van der Waals surface area contributed by atoms with Crippen molar-refractivity contribution in [3.8, 4) is 0 Å². The predicted octanol–water partition coefficient (Wildman–Crippen LogP) is 6.26. The van der Waals surface area contributed by atoms with Gasteiger partial charge >= 0.3 is 0 Å². The van der Waals surface area contributed by atoms with Gasteiger partial charge in [-0.15, -0.1) is 0 Å². The third-order valence-electron chi connectivity index (χ3n) is 5.05. The van der Waals surface area contributed by atoms with Gasteiger partial charge in [-0.25, -0.2) is 4.39 Å². The van der Waals surface area contributed by atoms with Crippen LogP contribution in [0.2, 0.25) is 5.02 Å². The topological polar surface area (TPSA) is 0 Å². The van der Waals surface area contributed by atoms with Gasteiger partial charge in [0.2, 0.25) is 0 Å². The molecule has 0 saturated heterocycles. The second kappa shape index (κ2) is 6.36. The molecular formula is C19H22ClF. The molecular weight excluding hydrogens is 283 g/mol. The molecule has 1 aromatic carbocycles. The fraction of sp³-hybridized carbons (Fsp3) is 0.474. The van der Waals surface area contributed by atoms with Gasteiger partial charge in [-0.3, -0.25) is 0 Å². The average molecular weight is 305 g/mol. The monoisotopic (exact) mass is 304 g/mol. The highest BCUT2D eigenvalue weighted by Crippen LogP contribution is 2.38. The van der Waals surface area contributed by atoms with E-state index >= 15 is 0 Å². The first-order valence-corrected chi connectivity index (χ1v) is 8.35. The van der Waals surface area contributed by atoms with Crippen molar-refractivity contribution >= 4 is 17.2 Å². The van der Waals surface area contributed by atoms with Crippen LogP contribution in [-0.4, -0.2) is 0 Å². The van der Waals surface area contributed by atoms with E-state index in [1.165, 1.54) is 31.7 Å². The van der Waals surface area contributed by atoms with Gasteiger partial charge in [-0.1, -0.05) is 55.7 Å². The first-order valence-electron chi connectivity index (χ1n) is 7.97. The van der Waals surface area contributed by atoms with Gasteiger partial charge in [0, 0.05) is 0 Å². The van der Waals surface area contributed by atoms with Crippen LogP contribution in [0.1, 0.15) is 44.6 Å².